The molecule has 1 heterocycles. The van der Waals surface area contributed by atoms with Crippen LogP contribution in [0.25, 0.3) is 0 Å². The van der Waals surface area contributed by atoms with E-state index in [4.69, 9.17) is 21.1 Å². The number of hydrogen-bond donors (Lipinski definition) is 0. The molecule has 0 N–H and O–H groups in total. The fraction of sp³-hybridized carbons (Fsp3) is 1.00. The Balaban J connectivity index is 2.22. The highest BCUT2D eigenvalue weighted by atomic mass is 35.5. The third-order valence-electron chi connectivity index (χ3n) is 2.99. The molecule has 1 saturated heterocycles. The Labute approximate surface area is 91.9 Å². The zero-order chi connectivity index (χ0) is 10.3. The average Bonchev–Trinajstić information content (AvgIpc) is 2.26. The number of alkyl halides is 1. The first-order chi connectivity index (χ1) is 6.83. The molecular formula is C11H21ClO2. The lowest BCUT2D eigenvalue weighted by atomic mass is 9.80. The number of rotatable bonds is 6. The number of methoxy groups -OCH3 is 1. The van der Waals surface area contributed by atoms with Gasteiger partial charge in [-0.05, 0) is 25.7 Å². The Morgan fingerprint density at radius 3 is 2.86 bits per heavy atom. The molecule has 1 fully saturated rings. The van der Waals surface area contributed by atoms with Gasteiger partial charge in [0.15, 0.2) is 0 Å². The molecule has 14 heavy (non-hydrogen) atoms. The second-order valence-electron chi connectivity index (χ2n) is 4.24. The molecule has 1 rings (SSSR count). The predicted octanol–water partition coefficient (Wildman–Crippen LogP) is 2.84. The summed E-state index contributed by atoms with van der Waals surface area (Å²) < 4.78 is 10.6. The molecule has 0 aromatic rings. The van der Waals surface area contributed by atoms with Crippen LogP contribution in [0, 0.1) is 5.41 Å². The Morgan fingerprint density at radius 2 is 2.29 bits per heavy atom. The van der Waals surface area contributed by atoms with Crippen molar-refractivity contribution in [1.29, 1.82) is 0 Å². The Morgan fingerprint density at radius 1 is 1.43 bits per heavy atom. The minimum atomic E-state index is 0.257. The maximum atomic E-state index is 6.04. The number of hydrogen-bond acceptors (Lipinski definition) is 2. The fourth-order valence-corrected chi connectivity index (χ4v) is 2.37. The molecule has 0 bridgehead atoms. The summed E-state index contributed by atoms with van der Waals surface area (Å²) in [5.41, 5.74) is 0.257. The summed E-state index contributed by atoms with van der Waals surface area (Å²) in [7, 11) is 1.75. The van der Waals surface area contributed by atoms with E-state index in [1.54, 1.807) is 7.11 Å². The van der Waals surface area contributed by atoms with Crippen molar-refractivity contribution in [3.63, 3.8) is 0 Å². The minimum Gasteiger partial charge on any atom is -0.385 e. The highest BCUT2D eigenvalue weighted by molar-refractivity contribution is 6.18. The van der Waals surface area contributed by atoms with Crippen molar-refractivity contribution in [3.05, 3.63) is 0 Å². The first kappa shape index (κ1) is 12.3. The van der Waals surface area contributed by atoms with Gasteiger partial charge in [0.1, 0.15) is 0 Å². The molecule has 0 spiro atoms. The topological polar surface area (TPSA) is 18.5 Å². The van der Waals surface area contributed by atoms with Crippen LogP contribution in [-0.4, -0.2) is 32.8 Å². The molecule has 1 unspecified atom stereocenters. The van der Waals surface area contributed by atoms with Crippen molar-refractivity contribution < 1.29 is 9.47 Å². The van der Waals surface area contributed by atoms with Gasteiger partial charge < -0.3 is 9.47 Å². The van der Waals surface area contributed by atoms with E-state index >= 15 is 0 Å². The Hall–Kier alpha value is 0.210. The molecule has 1 aliphatic heterocycles. The van der Waals surface area contributed by atoms with Crippen LogP contribution in [0.2, 0.25) is 0 Å². The Bertz CT molecular complexity index is 144. The summed E-state index contributed by atoms with van der Waals surface area (Å²) in [6.45, 7) is 2.62. The zero-order valence-electron chi connectivity index (χ0n) is 9.06. The van der Waals surface area contributed by atoms with Crippen molar-refractivity contribution in [3.8, 4) is 0 Å². The van der Waals surface area contributed by atoms with E-state index in [9.17, 15) is 0 Å². The van der Waals surface area contributed by atoms with Crippen molar-refractivity contribution in [2.24, 2.45) is 5.41 Å². The van der Waals surface area contributed by atoms with Crippen LogP contribution in [0.15, 0.2) is 0 Å². The van der Waals surface area contributed by atoms with Crippen molar-refractivity contribution in [2.75, 3.05) is 32.8 Å². The maximum absolute atomic E-state index is 6.04. The predicted molar refractivity (Wildman–Crippen MR) is 58.9 cm³/mol. The monoisotopic (exact) mass is 220 g/mol. The van der Waals surface area contributed by atoms with Crippen LogP contribution in [-0.2, 0) is 9.47 Å². The third-order valence-corrected chi connectivity index (χ3v) is 3.56. The van der Waals surface area contributed by atoms with E-state index in [2.05, 4.69) is 0 Å². The lowest BCUT2D eigenvalue weighted by Gasteiger charge is -2.35. The first-order valence-corrected chi connectivity index (χ1v) is 5.99. The van der Waals surface area contributed by atoms with Gasteiger partial charge in [0.05, 0.1) is 6.61 Å². The van der Waals surface area contributed by atoms with E-state index in [1.165, 1.54) is 19.3 Å². The summed E-state index contributed by atoms with van der Waals surface area (Å²) in [5, 5.41) is 0. The van der Waals surface area contributed by atoms with Gasteiger partial charge in [-0.15, -0.1) is 11.6 Å². The molecule has 0 saturated carbocycles. The van der Waals surface area contributed by atoms with Crippen molar-refractivity contribution in [1.82, 2.24) is 0 Å². The maximum Gasteiger partial charge on any atom is 0.0533 e. The van der Waals surface area contributed by atoms with Gasteiger partial charge in [0, 0.05) is 31.6 Å². The van der Waals surface area contributed by atoms with Gasteiger partial charge in [-0.25, -0.2) is 0 Å². The van der Waals surface area contributed by atoms with E-state index in [1.807, 2.05) is 0 Å². The molecule has 1 atom stereocenters. The van der Waals surface area contributed by atoms with E-state index in [0.717, 1.165) is 38.5 Å². The average molecular weight is 221 g/mol. The van der Waals surface area contributed by atoms with Gasteiger partial charge in [-0.3, -0.25) is 0 Å². The van der Waals surface area contributed by atoms with Crippen molar-refractivity contribution >= 4 is 11.6 Å². The highest BCUT2D eigenvalue weighted by Crippen LogP contribution is 2.35. The summed E-state index contributed by atoms with van der Waals surface area (Å²) in [6, 6.07) is 0. The smallest absolute Gasteiger partial charge is 0.0533 e. The summed E-state index contributed by atoms with van der Waals surface area (Å²) in [4.78, 5) is 0. The third kappa shape index (κ3) is 3.76. The Kier molecular flexibility index (Phi) is 5.83. The van der Waals surface area contributed by atoms with Gasteiger partial charge in [-0.1, -0.05) is 6.42 Å². The lowest BCUT2D eigenvalue weighted by Crippen LogP contribution is -2.33. The summed E-state index contributed by atoms with van der Waals surface area (Å²) in [5.74, 6) is 0.736. The van der Waals surface area contributed by atoms with Crippen LogP contribution < -0.4 is 0 Å². The molecular weight excluding hydrogens is 200 g/mol. The molecule has 84 valence electrons. The van der Waals surface area contributed by atoms with Crippen molar-refractivity contribution in [2.45, 2.75) is 32.1 Å². The lowest BCUT2D eigenvalue weighted by molar-refractivity contribution is -0.00187. The molecule has 0 aromatic heterocycles. The van der Waals surface area contributed by atoms with Crippen LogP contribution in [0.1, 0.15) is 32.1 Å². The molecule has 2 nitrogen and oxygen atoms in total. The largest absolute Gasteiger partial charge is 0.385 e. The van der Waals surface area contributed by atoms with Crippen LogP contribution in [0.4, 0.5) is 0 Å². The number of unbranched alkanes of at least 4 members (excludes halogenated alkanes) is 1. The SMILES string of the molecule is COCCCCC1(CCl)CCCOC1. The van der Waals surface area contributed by atoms with Crippen LogP contribution >= 0.6 is 11.6 Å². The van der Waals surface area contributed by atoms with E-state index < -0.39 is 0 Å². The quantitative estimate of drug-likeness (QED) is 0.506. The molecule has 0 amide bonds. The minimum absolute atomic E-state index is 0.257. The number of ether oxygens (including phenoxy) is 2. The molecule has 1 aliphatic rings. The first-order valence-electron chi connectivity index (χ1n) is 5.46. The molecule has 0 aliphatic carbocycles. The second kappa shape index (κ2) is 6.65. The van der Waals surface area contributed by atoms with Gasteiger partial charge in [0.2, 0.25) is 0 Å². The zero-order valence-corrected chi connectivity index (χ0v) is 9.81. The fourth-order valence-electron chi connectivity index (χ4n) is 2.03. The highest BCUT2D eigenvalue weighted by Gasteiger charge is 2.31. The molecule has 0 radical (unpaired) electrons. The summed E-state index contributed by atoms with van der Waals surface area (Å²) >= 11 is 6.04. The van der Waals surface area contributed by atoms with E-state index in [-0.39, 0.29) is 5.41 Å². The molecule has 0 aromatic carbocycles. The van der Waals surface area contributed by atoms with Gasteiger partial charge >= 0.3 is 0 Å². The molecule has 3 heteroatoms. The van der Waals surface area contributed by atoms with Crippen LogP contribution in [0.3, 0.4) is 0 Å². The van der Waals surface area contributed by atoms with Gasteiger partial charge in [0.25, 0.3) is 0 Å². The van der Waals surface area contributed by atoms with Crippen LogP contribution in [0.5, 0.6) is 0 Å². The standard InChI is InChI=1S/C11H21ClO2/c1-13-7-3-2-5-11(9-12)6-4-8-14-10-11/h2-10H2,1H3. The summed E-state index contributed by atoms with van der Waals surface area (Å²) in [6.07, 6.45) is 5.90. The normalized spacial score (nSPS) is 27.9. The van der Waals surface area contributed by atoms with E-state index in [0.29, 0.717) is 0 Å². The number of halogens is 1. The van der Waals surface area contributed by atoms with Gasteiger partial charge in [-0.2, -0.15) is 0 Å². The second-order valence-corrected chi connectivity index (χ2v) is 4.51.